The Labute approximate surface area is 110 Å². The van der Waals surface area contributed by atoms with Gasteiger partial charge in [-0.3, -0.25) is 4.79 Å². The van der Waals surface area contributed by atoms with Crippen LogP contribution in [0, 0.1) is 7.14 Å². The maximum absolute atomic E-state index is 10.7. The smallest absolute Gasteiger partial charge is 0.152 e. The molecular formula is C10H8I2O2. The van der Waals surface area contributed by atoms with Crippen LogP contribution in [-0.2, 0) is 4.79 Å². The third kappa shape index (κ3) is 2.94. The van der Waals surface area contributed by atoms with Crippen molar-refractivity contribution in [3.05, 3.63) is 30.9 Å². The topological polar surface area (TPSA) is 37.3 Å². The minimum Gasteiger partial charge on any atom is -0.506 e. The van der Waals surface area contributed by atoms with Gasteiger partial charge in [-0.2, -0.15) is 0 Å². The minimum absolute atomic E-state index is 0.00107. The lowest BCUT2D eigenvalue weighted by Crippen LogP contribution is -1.86. The molecule has 0 spiro atoms. The van der Waals surface area contributed by atoms with Gasteiger partial charge in [-0.1, -0.05) is 12.1 Å². The second-order valence-corrected chi connectivity index (χ2v) is 4.98. The number of carbonyl (C=O) groups excluding carboxylic acids is 1. The first kappa shape index (κ1) is 12.0. The normalized spacial score (nSPS) is 10.8. The lowest BCUT2D eigenvalue weighted by molar-refractivity contribution is -0.112. The van der Waals surface area contributed by atoms with Crippen molar-refractivity contribution in [2.75, 3.05) is 0 Å². The summed E-state index contributed by atoms with van der Waals surface area (Å²) in [5, 5.41) is 9.62. The lowest BCUT2D eigenvalue weighted by atomic mass is 10.2. The molecular weight excluding hydrogens is 406 g/mol. The van der Waals surface area contributed by atoms with E-state index in [2.05, 4.69) is 45.2 Å². The molecule has 1 aromatic carbocycles. The molecule has 0 saturated carbocycles. The largest absolute Gasteiger partial charge is 0.506 e. The molecule has 0 aliphatic heterocycles. The van der Waals surface area contributed by atoms with E-state index in [4.69, 9.17) is 0 Å². The molecule has 0 aromatic heterocycles. The molecule has 0 aliphatic carbocycles. The number of phenolic OH excluding ortho intramolecular Hbond substituents is 1. The average molecular weight is 414 g/mol. The van der Waals surface area contributed by atoms with Crippen LogP contribution in [0.15, 0.2) is 18.2 Å². The minimum atomic E-state index is -0.00107. The van der Waals surface area contributed by atoms with E-state index in [1.807, 2.05) is 12.1 Å². The number of ketones is 1. The fraction of sp³-hybridized carbons (Fsp3) is 0.100. The molecule has 1 aromatic rings. The average Bonchev–Trinajstić information content (AvgIpc) is 2.13. The second-order valence-electron chi connectivity index (χ2n) is 2.74. The van der Waals surface area contributed by atoms with Gasteiger partial charge in [0.15, 0.2) is 5.78 Å². The highest BCUT2D eigenvalue weighted by Crippen LogP contribution is 2.29. The summed E-state index contributed by atoms with van der Waals surface area (Å²) in [5.41, 5.74) is 0.860. The molecule has 1 rings (SSSR count). The van der Waals surface area contributed by atoms with Crippen molar-refractivity contribution in [3.8, 4) is 5.75 Å². The summed E-state index contributed by atoms with van der Waals surface area (Å²) >= 11 is 4.12. The van der Waals surface area contributed by atoms with E-state index in [9.17, 15) is 9.90 Å². The highest BCUT2D eigenvalue weighted by molar-refractivity contribution is 14.1. The number of benzene rings is 1. The predicted octanol–water partition coefficient (Wildman–Crippen LogP) is 3.20. The van der Waals surface area contributed by atoms with Crippen molar-refractivity contribution in [3.63, 3.8) is 0 Å². The summed E-state index contributed by atoms with van der Waals surface area (Å²) in [4.78, 5) is 10.7. The number of rotatable bonds is 2. The van der Waals surface area contributed by atoms with Gasteiger partial charge in [0, 0.05) is 0 Å². The Balaban J connectivity index is 3.12. The zero-order valence-electron chi connectivity index (χ0n) is 7.42. The van der Waals surface area contributed by atoms with Crippen LogP contribution in [0.1, 0.15) is 12.5 Å². The van der Waals surface area contributed by atoms with Gasteiger partial charge in [-0.05, 0) is 69.8 Å². The Morgan fingerprint density at radius 1 is 1.43 bits per heavy atom. The number of hydrogen-bond acceptors (Lipinski definition) is 2. The van der Waals surface area contributed by atoms with Crippen LogP contribution >= 0.6 is 45.2 Å². The molecule has 0 heterocycles. The molecule has 0 fully saturated rings. The molecule has 0 atom stereocenters. The summed E-state index contributed by atoms with van der Waals surface area (Å²) in [5.74, 6) is 0.274. The molecule has 4 heteroatoms. The standard InChI is InChI=1S/C10H8I2O2/c1-6(13)2-3-7-4-5-8(11)10(14)9(7)12/h2-5,14H,1H3/b3-2+. The van der Waals surface area contributed by atoms with Gasteiger partial charge >= 0.3 is 0 Å². The molecule has 0 unspecified atom stereocenters. The van der Waals surface area contributed by atoms with Crippen LogP contribution < -0.4 is 0 Å². The van der Waals surface area contributed by atoms with Crippen molar-refractivity contribution in [2.45, 2.75) is 6.92 Å². The number of allylic oxidation sites excluding steroid dienone is 1. The Morgan fingerprint density at radius 3 is 2.64 bits per heavy atom. The number of halogens is 2. The first-order chi connectivity index (χ1) is 6.52. The van der Waals surface area contributed by atoms with Crippen LogP contribution in [-0.4, -0.2) is 10.9 Å². The number of aromatic hydroxyl groups is 1. The van der Waals surface area contributed by atoms with E-state index >= 15 is 0 Å². The molecule has 0 bridgehead atoms. The highest BCUT2D eigenvalue weighted by atomic mass is 127. The van der Waals surface area contributed by atoms with E-state index in [1.165, 1.54) is 13.0 Å². The molecule has 0 amide bonds. The van der Waals surface area contributed by atoms with E-state index in [0.717, 1.165) is 12.7 Å². The van der Waals surface area contributed by atoms with Gasteiger partial charge in [0.1, 0.15) is 5.75 Å². The fourth-order valence-corrected chi connectivity index (χ4v) is 2.51. The van der Waals surface area contributed by atoms with Crippen LogP contribution in [0.5, 0.6) is 5.75 Å². The first-order valence-corrected chi connectivity index (χ1v) is 6.03. The van der Waals surface area contributed by atoms with Gasteiger partial charge in [-0.15, -0.1) is 0 Å². The van der Waals surface area contributed by atoms with Crippen molar-refractivity contribution in [2.24, 2.45) is 0 Å². The lowest BCUT2D eigenvalue weighted by Gasteiger charge is -2.03. The molecule has 1 N–H and O–H groups in total. The predicted molar refractivity (Wildman–Crippen MR) is 73.3 cm³/mol. The van der Waals surface area contributed by atoms with Gasteiger partial charge in [0.25, 0.3) is 0 Å². The first-order valence-electron chi connectivity index (χ1n) is 3.88. The number of hydrogen-bond donors (Lipinski definition) is 1. The van der Waals surface area contributed by atoms with E-state index in [0.29, 0.717) is 0 Å². The summed E-state index contributed by atoms with van der Waals surface area (Å²) in [6.45, 7) is 1.50. The van der Waals surface area contributed by atoms with E-state index in [-0.39, 0.29) is 11.5 Å². The Bertz CT molecular complexity index is 397. The van der Waals surface area contributed by atoms with Crippen LogP contribution in [0.25, 0.3) is 6.08 Å². The maximum atomic E-state index is 10.7. The Morgan fingerprint density at radius 2 is 2.07 bits per heavy atom. The number of phenols is 1. The van der Waals surface area contributed by atoms with Crippen LogP contribution in [0.3, 0.4) is 0 Å². The summed E-state index contributed by atoms with van der Waals surface area (Å²) in [6, 6.07) is 3.70. The van der Waals surface area contributed by atoms with Crippen molar-refractivity contribution < 1.29 is 9.90 Å². The molecule has 2 nitrogen and oxygen atoms in total. The maximum Gasteiger partial charge on any atom is 0.152 e. The SMILES string of the molecule is CC(=O)/C=C/c1ccc(I)c(O)c1I. The van der Waals surface area contributed by atoms with Gasteiger partial charge in [0.05, 0.1) is 7.14 Å². The van der Waals surface area contributed by atoms with Crippen LogP contribution in [0.2, 0.25) is 0 Å². The molecule has 0 saturated heterocycles. The number of carbonyl (C=O) groups is 1. The van der Waals surface area contributed by atoms with Gasteiger partial charge in [-0.25, -0.2) is 0 Å². The summed E-state index contributed by atoms with van der Waals surface area (Å²) in [6.07, 6.45) is 3.20. The third-order valence-corrected chi connectivity index (χ3v) is 3.60. The van der Waals surface area contributed by atoms with Gasteiger partial charge in [0.2, 0.25) is 0 Å². The fourth-order valence-electron chi connectivity index (χ4n) is 0.892. The summed E-state index contributed by atoms with van der Waals surface area (Å²) in [7, 11) is 0. The Kier molecular flexibility index (Phi) is 4.36. The van der Waals surface area contributed by atoms with Crippen molar-refractivity contribution >= 4 is 57.0 Å². The zero-order chi connectivity index (χ0) is 10.7. The zero-order valence-corrected chi connectivity index (χ0v) is 11.7. The molecule has 74 valence electrons. The van der Waals surface area contributed by atoms with E-state index < -0.39 is 0 Å². The van der Waals surface area contributed by atoms with E-state index in [1.54, 1.807) is 6.08 Å². The highest BCUT2D eigenvalue weighted by Gasteiger charge is 2.05. The molecule has 0 radical (unpaired) electrons. The quantitative estimate of drug-likeness (QED) is 0.597. The van der Waals surface area contributed by atoms with Crippen molar-refractivity contribution in [1.29, 1.82) is 0 Å². The van der Waals surface area contributed by atoms with Crippen molar-refractivity contribution in [1.82, 2.24) is 0 Å². The molecule has 14 heavy (non-hydrogen) atoms. The Hall–Kier alpha value is -0.110. The third-order valence-electron chi connectivity index (χ3n) is 1.59. The van der Waals surface area contributed by atoms with Crippen LogP contribution in [0.4, 0.5) is 0 Å². The van der Waals surface area contributed by atoms with Gasteiger partial charge < -0.3 is 5.11 Å². The second kappa shape index (κ2) is 5.11. The molecule has 0 aliphatic rings. The monoisotopic (exact) mass is 414 g/mol. The summed E-state index contributed by atoms with van der Waals surface area (Å²) < 4.78 is 1.58.